The van der Waals surface area contributed by atoms with Crippen LogP contribution in [-0.2, 0) is 0 Å². The van der Waals surface area contributed by atoms with Crippen LogP contribution in [0.1, 0.15) is 53.4 Å². The van der Waals surface area contributed by atoms with Crippen molar-refractivity contribution in [2.24, 2.45) is 28.6 Å². The fraction of sp³-hybridized carbons (Fsp3) is 1.00. The molecule has 0 aromatic rings. The van der Waals surface area contributed by atoms with Crippen LogP contribution in [0.2, 0.25) is 0 Å². The van der Waals surface area contributed by atoms with Gasteiger partial charge in [0.1, 0.15) is 0 Å². The highest BCUT2D eigenvalue weighted by atomic mass is 15.0. The fourth-order valence-corrected chi connectivity index (χ4v) is 4.61. The van der Waals surface area contributed by atoms with E-state index in [2.05, 4.69) is 33.0 Å². The van der Waals surface area contributed by atoms with E-state index in [1.165, 1.54) is 32.2 Å². The van der Waals surface area contributed by atoms with Gasteiger partial charge in [-0.25, -0.2) is 0 Å². The molecule has 1 nitrogen and oxygen atoms in total. The second-order valence-electron chi connectivity index (χ2n) is 7.69. The number of hydrogen-bond acceptors (Lipinski definition) is 1. The van der Waals surface area contributed by atoms with Crippen LogP contribution in [0.3, 0.4) is 0 Å². The zero-order valence-electron chi connectivity index (χ0n) is 11.3. The van der Waals surface area contributed by atoms with Gasteiger partial charge < -0.3 is 5.32 Å². The van der Waals surface area contributed by atoms with Crippen molar-refractivity contribution in [1.29, 1.82) is 0 Å². The van der Waals surface area contributed by atoms with Crippen molar-refractivity contribution >= 4 is 0 Å². The van der Waals surface area contributed by atoms with Gasteiger partial charge in [0.05, 0.1) is 0 Å². The van der Waals surface area contributed by atoms with Crippen molar-refractivity contribution in [2.45, 2.75) is 59.4 Å². The SMILES string of the molecule is CC1(C)C(CNC2CC3CCC2C3)C1(C)C. The average Bonchev–Trinajstić information content (AvgIpc) is 2.69. The van der Waals surface area contributed by atoms with Gasteiger partial charge in [-0.05, 0) is 54.4 Å². The molecule has 3 aliphatic rings. The number of nitrogens with one attached hydrogen (secondary N) is 1. The van der Waals surface area contributed by atoms with E-state index in [0.29, 0.717) is 10.8 Å². The smallest absolute Gasteiger partial charge is 0.00981 e. The van der Waals surface area contributed by atoms with Crippen molar-refractivity contribution in [3.05, 3.63) is 0 Å². The number of hydrogen-bond donors (Lipinski definition) is 1. The molecule has 0 saturated heterocycles. The number of rotatable bonds is 3. The summed E-state index contributed by atoms with van der Waals surface area (Å²) >= 11 is 0. The molecule has 0 spiro atoms. The molecule has 3 unspecified atom stereocenters. The fourth-order valence-electron chi connectivity index (χ4n) is 4.61. The molecule has 3 fully saturated rings. The first kappa shape index (κ1) is 11.1. The lowest BCUT2D eigenvalue weighted by atomic mass is 9.95. The van der Waals surface area contributed by atoms with E-state index >= 15 is 0 Å². The van der Waals surface area contributed by atoms with Gasteiger partial charge in [-0.15, -0.1) is 0 Å². The van der Waals surface area contributed by atoms with Gasteiger partial charge in [0, 0.05) is 6.04 Å². The van der Waals surface area contributed by atoms with E-state index in [9.17, 15) is 0 Å². The molecule has 1 heteroatoms. The third-order valence-corrected chi connectivity index (χ3v) is 6.64. The zero-order chi connectivity index (χ0) is 11.6. The highest BCUT2D eigenvalue weighted by Crippen LogP contribution is 2.68. The summed E-state index contributed by atoms with van der Waals surface area (Å²) in [7, 11) is 0. The topological polar surface area (TPSA) is 12.0 Å². The van der Waals surface area contributed by atoms with E-state index in [4.69, 9.17) is 0 Å². The van der Waals surface area contributed by atoms with Crippen LogP contribution in [0.25, 0.3) is 0 Å². The van der Waals surface area contributed by atoms with E-state index in [0.717, 1.165) is 23.8 Å². The quantitative estimate of drug-likeness (QED) is 0.769. The van der Waals surface area contributed by atoms with Crippen molar-refractivity contribution in [3.8, 4) is 0 Å². The van der Waals surface area contributed by atoms with Crippen LogP contribution < -0.4 is 5.32 Å². The highest BCUT2D eigenvalue weighted by molar-refractivity contribution is 5.13. The van der Waals surface area contributed by atoms with Gasteiger partial charge in [0.15, 0.2) is 0 Å². The maximum absolute atomic E-state index is 3.89. The highest BCUT2D eigenvalue weighted by Gasteiger charge is 2.64. The monoisotopic (exact) mass is 221 g/mol. The van der Waals surface area contributed by atoms with Crippen LogP contribution in [0, 0.1) is 28.6 Å². The van der Waals surface area contributed by atoms with Gasteiger partial charge in [-0.2, -0.15) is 0 Å². The largest absolute Gasteiger partial charge is 0.313 e. The predicted octanol–water partition coefficient (Wildman–Crippen LogP) is 3.45. The molecule has 92 valence electrons. The molecule has 1 N–H and O–H groups in total. The lowest BCUT2D eigenvalue weighted by Gasteiger charge is -2.23. The maximum atomic E-state index is 3.89. The van der Waals surface area contributed by atoms with Gasteiger partial charge >= 0.3 is 0 Å². The van der Waals surface area contributed by atoms with Gasteiger partial charge in [-0.1, -0.05) is 34.1 Å². The van der Waals surface area contributed by atoms with E-state index < -0.39 is 0 Å². The van der Waals surface area contributed by atoms with E-state index in [1.54, 1.807) is 0 Å². The van der Waals surface area contributed by atoms with Crippen molar-refractivity contribution < 1.29 is 0 Å². The Balaban J connectivity index is 1.52. The molecule has 0 aromatic carbocycles. The predicted molar refractivity (Wildman–Crippen MR) is 68.3 cm³/mol. The van der Waals surface area contributed by atoms with Crippen LogP contribution >= 0.6 is 0 Å². The molecule has 0 aliphatic heterocycles. The molecule has 0 amide bonds. The standard InChI is InChI=1S/C15H27N/c1-14(2)13(15(14,3)4)9-16-12-8-10-5-6-11(12)7-10/h10-13,16H,5-9H2,1-4H3. The lowest BCUT2D eigenvalue weighted by Crippen LogP contribution is -2.36. The first-order valence-electron chi connectivity index (χ1n) is 7.16. The normalized spacial score (nSPS) is 43.9. The Morgan fingerprint density at radius 3 is 2.12 bits per heavy atom. The summed E-state index contributed by atoms with van der Waals surface area (Å²) in [6.07, 6.45) is 6.01. The summed E-state index contributed by atoms with van der Waals surface area (Å²) in [5.41, 5.74) is 1.11. The van der Waals surface area contributed by atoms with Gasteiger partial charge in [0.25, 0.3) is 0 Å². The summed E-state index contributed by atoms with van der Waals surface area (Å²) in [4.78, 5) is 0. The zero-order valence-corrected chi connectivity index (χ0v) is 11.3. The average molecular weight is 221 g/mol. The minimum atomic E-state index is 0.553. The van der Waals surface area contributed by atoms with E-state index in [-0.39, 0.29) is 0 Å². The molecular formula is C15H27N. The molecule has 0 heterocycles. The first-order chi connectivity index (χ1) is 7.43. The molecule has 3 atom stereocenters. The van der Waals surface area contributed by atoms with Gasteiger partial charge in [-0.3, -0.25) is 0 Å². The summed E-state index contributed by atoms with van der Waals surface area (Å²) in [5, 5.41) is 3.89. The van der Waals surface area contributed by atoms with Crippen molar-refractivity contribution in [3.63, 3.8) is 0 Å². The van der Waals surface area contributed by atoms with Crippen molar-refractivity contribution in [1.82, 2.24) is 5.32 Å². The molecule has 2 bridgehead atoms. The third kappa shape index (κ3) is 1.40. The Morgan fingerprint density at radius 2 is 1.69 bits per heavy atom. The van der Waals surface area contributed by atoms with Gasteiger partial charge in [0.2, 0.25) is 0 Å². The second kappa shape index (κ2) is 3.25. The summed E-state index contributed by atoms with van der Waals surface area (Å²) in [5.74, 6) is 2.98. The minimum absolute atomic E-state index is 0.553. The minimum Gasteiger partial charge on any atom is -0.313 e. The molecule has 3 aliphatic carbocycles. The molecule has 3 rings (SSSR count). The van der Waals surface area contributed by atoms with Crippen LogP contribution in [0.4, 0.5) is 0 Å². The van der Waals surface area contributed by atoms with Crippen LogP contribution in [-0.4, -0.2) is 12.6 Å². The maximum Gasteiger partial charge on any atom is 0.00981 e. The van der Waals surface area contributed by atoms with Crippen LogP contribution in [0.5, 0.6) is 0 Å². The summed E-state index contributed by atoms with van der Waals surface area (Å²) in [6.45, 7) is 11.0. The first-order valence-corrected chi connectivity index (χ1v) is 7.16. The Kier molecular flexibility index (Phi) is 2.25. The molecule has 0 radical (unpaired) electrons. The van der Waals surface area contributed by atoms with Crippen molar-refractivity contribution in [2.75, 3.05) is 6.54 Å². The molecule has 16 heavy (non-hydrogen) atoms. The Morgan fingerprint density at radius 1 is 1.00 bits per heavy atom. The summed E-state index contributed by atoms with van der Waals surface area (Å²) in [6, 6.07) is 0.867. The van der Waals surface area contributed by atoms with E-state index in [1.807, 2.05) is 0 Å². The Hall–Kier alpha value is -0.0400. The second-order valence-corrected chi connectivity index (χ2v) is 7.69. The number of fused-ring (bicyclic) bond motifs is 2. The summed E-state index contributed by atoms with van der Waals surface area (Å²) < 4.78 is 0. The molecule has 3 saturated carbocycles. The molecule has 0 aromatic heterocycles. The Labute approximate surface area is 100 Å². The van der Waals surface area contributed by atoms with Crippen LogP contribution in [0.15, 0.2) is 0 Å². The lowest BCUT2D eigenvalue weighted by molar-refractivity contribution is 0.338. The third-order valence-electron chi connectivity index (χ3n) is 6.64. The molecular weight excluding hydrogens is 194 g/mol. The Bertz CT molecular complexity index is 278.